The molecule has 1 aliphatic rings. The van der Waals surface area contributed by atoms with Gasteiger partial charge in [-0.25, -0.2) is 0 Å². The average Bonchev–Trinajstić information content (AvgIpc) is 2.02. The molecular weight excluding hydrogens is 176 g/mol. The highest BCUT2D eigenvalue weighted by Crippen LogP contribution is 2.18. The van der Waals surface area contributed by atoms with Gasteiger partial charge in [0.05, 0.1) is 12.7 Å². The van der Waals surface area contributed by atoms with Gasteiger partial charge < -0.3 is 10.5 Å². The number of morpholine rings is 1. The van der Waals surface area contributed by atoms with Crippen molar-refractivity contribution in [2.24, 2.45) is 11.1 Å². The molecule has 0 aliphatic carbocycles. The van der Waals surface area contributed by atoms with E-state index >= 15 is 0 Å². The standard InChI is InChI=1S/C11H24N2O/c1-9-7-13(5-6-14-9)8-10(12)11(2,3)4/h9-10H,5-8,12H2,1-4H3/t9?,10-/m0/s1. The first-order chi connectivity index (χ1) is 6.39. The number of nitrogens with two attached hydrogens (primary N) is 1. The van der Waals surface area contributed by atoms with Crippen LogP contribution < -0.4 is 5.73 Å². The maximum atomic E-state index is 6.14. The molecule has 2 atom stereocenters. The third-order valence-corrected chi connectivity index (χ3v) is 2.89. The summed E-state index contributed by atoms with van der Waals surface area (Å²) in [6, 6.07) is 0.243. The van der Waals surface area contributed by atoms with E-state index in [1.165, 1.54) is 0 Å². The van der Waals surface area contributed by atoms with Crippen LogP contribution in [0.2, 0.25) is 0 Å². The van der Waals surface area contributed by atoms with E-state index in [-0.39, 0.29) is 11.5 Å². The van der Waals surface area contributed by atoms with Crippen LogP contribution in [0.25, 0.3) is 0 Å². The lowest BCUT2D eigenvalue weighted by atomic mass is 9.87. The molecule has 0 saturated carbocycles. The monoisotopic (exact) mass is 200 g/mol. The molecule has 14 heavy (non-hydrogen) atoms. The summed E-state index contributed by atoms with van der Waals surface area (Å²) in [5.41, 5.74) is 6.34. The van der Waals surface area contributed by atoms with Crippen molar-refractivity contribution in [2.45, 2.75) is 39.8 Å². The van der Waals surface area contributed by atoms with E-state index in [0.717, 1.165) is 26.2 Å². The molecule has 1 heterocycles. The lowest BCUT2D eigenvalue weighted by Gasteiger charge is -2.36. The molecule has 0 aromatic carbocycles. The van der Waals surface area contributed by atoms with Crippen molar-refractivity contribution in [1.82, 2.24) is 4.90 Å². The van der Waals surface area contributed by atoms with Crippen molar-refractivity contribution in [3.05, 3.63) is 0 Å². The Balaban J connectivity index is 2.36. The Morgan fingerprint density at radius 2 is 2.14 bits per heavy atom. The van der Waals surface area contributed by atoms with Crippen LogP contribution in [0.15, 0.2) is 0 Å². The molecule has 0 aromatic rings. The van der Waals surface area contributed by atoms with Crippen LogP contribution in [0.3, 0.4) is 0 Å². The highest BCUT2D eigenvalue weighted by atomic mass is 16.5. The summed E-state index contributed by atoms with van der Waals surface area (Å²) >= 11 is 0. The molecule has 0 amide bonds. The largest absolute Gasteiger partial charge is 0.376 e. The van der Waals surface area contributed by atoms with Gasteiger partial charge in [0.2, 0.25) is 0 Å². The molecule has 0 spiro atoms. The van der Waals surface area contributed by atoms with Crippen LogP contribution in [-0.2, 0) is 4.74 Å². The second kappa shape index (κ2) is 4.60. The number of nitrogens with zero attached hydrogens (tertiary/aromatic N) is 1. The fourth-order valence-corrected chi connectivity index (χ4v) is 1.61. The van der Waals surface area contributed by atoms with Crippen LogP contribution in [-0.4, -0.2) is 43.3 Å². The van der Waals surface area contributed by atoms with Gasteiger partial charge in [-0.2, -0.15) is 0 Å². The number of ether oxygens (including phenoxy) is 1. The molecule has 1 unspecified atom stereocenters. The minimum Gasteiger partial charge on any atom is -0.376 e. The van der Waals surface area contributed by atoms with Gasteiger partial charge >= 0.3 is 0 Å². The second-order valence-corrected chi connectivity index (χ2v) is 5.41. The topological polar surface area (TPSA) is 38.5 Å². The molecule has 1 aliphatic heterocycles. The van der Waals surface area contributed by atoms with Gasteiger partial charge in [0, 0.05) is 25.7 Å². The normalized spacial score (nSPS) is 27.6. The van der Waals surface area contributed by atoms with E-state index in [0.29, 0.717) is 6.10 Å². The van der Waals surface area contributed by atoms with E-state index in [1.54, 1.807) is 0 Å². The minimum absolute atomic E-state index is 0.196. The summed E-state index contributed by atoms with van der Waals surface area (Å²) in [5, 5.41) is 0. The van der Waals surface area contributed by atoms with E-state index < -0.39 is 0 Å². The summed E-state index contributed by atoms with van der Waals surface area (Å²) in [6.45, 7) is 12.6. The summed E-state index contributed by atoms with van der Waals surface area (Å²) in [5.74, 6) is 0. The first-order valence-electron chi connectivity index (χ1n) is 5.49. The van der Waals surface area contributed by atoms with E-state index in [2.05, 4.69) is 32.6 Å². The lowest BCUT2D eigenvalue weighted by molar-refractivity contribution is -0.0232. The first-order valence-corrected chi connectivity index (χ1v) is 5.49. The van der Waals surface area contributed by atoms with Gasteiger partial charge in [-0.05, 0) is 12.3 Å². The van der Waals surface area contributed by atoms with Crippen molar-refractivity contribution < 1.29 is 4.74 Å². The fraction of sp³-hybridized carbons (Fsp3) is 1.00. The van der Waals surface area contributed by atoms with Crippen LogP contribution >= 0.6 is 0 Å². The highest BCUT2D eigenvalue weighted by molar-refractivity contribution is 4.81. The molecule has 3 heteroatoms. The lowest BCUT2D eigenvalue weighted by Crippen LogP contribution is -2.50. The molecule has 2 N–H and O–H groups in total. The van der Waals surface area contributed by atoms with Crippen molar-refractivity contribution in [2.75, 3.05) is 26.2 Å². The summed E-state index contributed by atoms with van der Waals surface area (Å²) in [6.07, 6.45) is 0.357. The number of rotatable bonds is 2. The molecule has 3 nitrogen and oxygen atoms in total. The Hall–Kier alpha value is -0.120. The SMILES string of the molecule is CC1CN(C[C@H](N)C(C)(C)C)CCO1. The summed E-state index contributed by atoms with van der Waals surface area (Å²) in [4.78, 5) is 2.41. The summed E-state index contributed by atoms with van der Waals surface area (Å²) < 4.78 is 5.49. The maximum Gasteiger partial charge on any atom is 0.0674 e. The molecule has 84 valence electrons. The predicted molar refractivity (Wildman–Crippen MR) is 59.3 cm³/mol. The van der Waals surface area contributed by atoms with Crippen LogP contribution in [0.5, 0.6) is 0 Å². The zero-order chi connectivity index (χ0) is 10.8. The average molecular weight is 200 g/mol. The molecular formula is C11H24N2O. The quantitative estimate of drug-likeness (QED) is 0.725. The zero-order valence-corrected chi connectivity index (χ0v) is 9.92. The van der Waals surface area contributed by atoms with Crippen molar-refractivity contribution in [1.29, 1.82) is 0 Å². The molecule has 0 aromatic heterocycles. The number of hydrogen-bond donors (Lipinski definition) is 1. The first kappa shape index (κ1) is 12.0. The van der Waals surface area contributed by atoms with Crippen LogP contribution in [0.4, 0.5) is 0 Å². The Labute approximate surface area is 87.6 Å². The van der Waals surface area contributed by atoms with Crippen molar-refractivity contribution in [3.8, 4) is 0 Å². The Kier molecular flexibility index (Phi) is 3.93. The Morgan fingerprint density at radius 3 is 2.64 bits per heavy atom. The van der Waals surface area contributed by atoms with Gasteiger partial charge in [0.1, 0.15) is 0 Å². The molecule has 0 bridgehead atoms. The molecule has 0 radical (unpaired) electrons. The third kappa shape index (κ3) is 3.56. The third-order valence-electron chi connectivity index (χ3n) is 2.89. The minimum atomic E-state index is 0.196. The van der Waals surface area contributed by atoms with E-state index in [4.69, 9.17) is 10.5 Å². The Bertz CT molecular complexity index is 177. The van der Waals surface area contributed by atoms with Crippen LogP contribution in [0, 0.1) is 5.41 Å². The maximum absolute atomic E-state index is 6.14. The van der Waals surface area contributed by atoms with Crippen molar-refractivity contribution in [3.63, 3.8) is 0 Å². The molecule has 1 rings (SSSR count). The number of hydrogen-bond acceptors (Lipinski definition) is 3. The van der Waals surface area contributed by atoms with Crippen molar-refractivity contribution >= 4 is 0 Å². The smallest absolute Gasteiger partial charge is 0.0674 e. The fourth-order valence-electron chi connectivity index (χ4n) is 1.61. The van der Waals surface area contributed by atoms with Crippen LogP contribution in [0.1, 0.15) is 27.7 Å². The molecule has 1 fully saturated rings. The summed E-state index contributed by atoms with van der Waals surface area (Å²) in [7, 11) is 0. The van der Waals surface area contributed by atoms with E-state index in [1.807, 2.05) is 0 Å². The van der Waals surface area contributed by atoms with Gasteiger partial charge in [-0.1, -0.05) is 20.8 Å². The predicted octanol–water partition coefficient (Wildman–Crippen LogP) is 1.08. The zero-order valence-electron chi connectivity index (χ0n) is 9.92. The van der Waals surface area contributed by atoms with Gasteiger partial charge in [-0.3, -0.25) is 4.90 Å². The van der Waals surface area contributed by atoms with Gasteiger partial charge in [0.15, 0.2) is 0 Å². The second-order valence-electron chi connectivity index (χ2n) is 5.41. The van der Waals surface area contributed by atoms with E-state index in [9.17, 15) is 0 Å². The highest BCUT2D eigenvalue weighted by Gasteiger charge is 2.25. The van der Waals surface area contributed by atoms with Gasteiger partial charge in [-0.15, -0.1) is 0 Å². The van der Waals surface area contributed by atoms with Gasteiger partial charge in [0.25, 0.3) is 0 Å². The Morgan fingerprint density at radius 1 is 1.50 bits per heavy atom. The molecule has 1 saturated heterocycles.